The Labute approximate surface area is 268 Å². The highest BCUT2D eigenvalue weighted by atomic mass is 16.7. The third-order valence-corrected chi connectivity index (χ3v) is 10.6. The molecule has 4 N–H and O–H groups in total. The molecule has 16 atom stereocenters. The molecule has 4 heterocycles. The van der Waals surface area contributed by atoms with Crippen molar-refractivity contribution in [3.63, 3.8) is 0 Å². The smallest absolute Gasteiger partial charge is 0.311 e. The number of carbonyl (C=O) groups is 1. The second-order valence-corrected chi connectivity index (χ2v) is 14.3. The number of hydrogen-bond donors (Lipinski definition) is 4. The average molecular weight is 644 g/mol. The fourth-order valence-corrected chi connectivity index (χ4v) is 7.83. The van der Waals surface area contributed by atoms with Gasteiger partial charge in [0, 0.05) is 31.9 Å². The number of aliphatic hydroxyl groups is 3. The fraction of sp³-hybridized carbons (Fsp3) is 0.909. The molecule has 12 nitrogen and oxygen atoms in total. The lowest BCUT2D eigenvalue weighted by Crippen LogP contribution is -2.60. The Balaban J connectivity index is 1.78. The topological polar surface area (TPSA) is 154 Å². The van der Waals surface area contributed by atoms with Gasteiger partial charge in [-0.2, -0.15) is 0 Å². The first-order valence-corrected chi connectivity index (χ1v) is 16.4. The van der Waals surface area contributed by atoms with Crippen molar-refractivity contribution in [2.75, 3.05) is 14.2 Å². The Morgan fingerprint density at radius 1 is 1.04 bits per heavy atom. The maximum atomic E-state index is 13.9. The number of ether oxygens (including phenoxy) is 7. The highest BCUT2D eigenvalue weighted by Crippen LogP contribution is 2.47. The van der Waals surface area contributed by atoms with Gasteiger partial charge in [-0.3, -0.25) is 4.79 Å². The van der Waals surface area contributed by atoms with Gasteiger partial charge in [0.15, 0.2) is 12.6 Å². The molecule has 2 bridgehead atoms. The molecule has 0 aromatic heterocycles. The van der Waals surface area contributed by atoms with E-state index in [1.807, 2.05) is 34.6 Å². The predicted molar refractivity (Wildman–Crippen MR) is 164 cm³/mol. The second-order valence-electron chi connectivity index (χ2n) is 14.3. The van der Waals surface area contributed by atoms with Gasteiger partial charge in [0.25, 0.3) is 0 Å². The maximum absolute atomic E-state index is 13.9. The van der Waals surface area contributed by atoms with Crippen molar-refractivity contribution in [3.05, 3.63) is 11.3 Å². The van der Waals surface area contributed by atoms with Crippen molar-refractivity contribution in [1.82, 2.24) is 5.32 Å². The summed E-state index contributed by atoms with van der Waals surface area (Å²) >= 11 is 0. The summed E-state index contributed by atoms with van der Waals surface area (Å²) in [7, 11) is 3.34. The first kappa shape index (κ1) is 36.5. The van der Waals surface area contributed by atoms with E-state index in [1.54, 1.807) is 34.7 Å². The van der Waals surface area contributed by atoms with Crippen LogP contribution in [0.3, 0.4) is 0 Å². The third kappa shape index (κ3) is 7.24. The Bertz CT molecular complexity index is 1070. The standard InChI is InChI=1S/C33H57NO11/c1-15-13-33(9)29(44-31-24(36)22(34-10)12-16(2)40-31)18(4)26(42-23-14-32(8,39-11)28(37)21(7)41-23)19(5)30(38)43-27(20(6)35)17(3)25(15)45-33/h16-24,26-29,31,34-37H,12-14H2,1-11H3/t16?,17-,18-,19+,20?,21?,22?,23-,24?,26-,27+,28-,29+,31-,32?,33+/m0/s1. The minimum Gasteiger partial charge on any atom is -0.488 e. The van der Waals surface area contributed by atoms with Crippen LogP contribution >= 0.6 is 0 Å². The van der Waals surface area contributed by atoms with Crippen LogP contribution in [0.4, 0.5) is 0 Å². The first-order chi connectivity index (χ1) is 21.0. The molecule has 0 spiro atoms. The van der Waals surface area contributed by atoms with Crippen LogP contribution in [-0.4, -0.2) is 114 Å². The van der Waals surface area contributed by atoms with E-state index in [0.717, 1.165) is 5.57 Å². The number of cyclic esters (lactones) is 1. The summed E-state index contributed by atoms with van der Waals surface area (Å²) in [5.41, 5.74) is -0.929. The summed E-state index contributed by atoms with van der Waals surface area (Å²) in [6.45, 7) is 16.6. The zero-order valence-electron chi connectivity index (χ0n) is 28.8. The molecule has 0 amide bonds. The normalized spacial score (nSPS) is 48.8. The van der Waals surface area contributed by atoms with Gasteiger partial charge in [-0.15, -0.1) is 0 Å². The van der Waals surface area contributed by atoms with E-state index < -0.39 is 90.2 Å². The number of fused-ring (bicyclic) bond motifs is 2. The zero-order chi connectivity index (χ0) is 33.6. The molecule has 12 heteroatoms. The lowest BCUT2D eigenvalue weighted by molar-refractivity contribution is -0.314. The SMILES string of the molecule is CNC1CC(C)O[C@@H](O[C@@H]2[C@@H](C)[C@H](O[C@H]3CC(C)(OC)[C@@H](O)C(C)O3)[C@@H](C)C(=O)O[C@@H](C(C)O)[C@@H](C)C3=C(C)C[C@@]2(C)O3)C1O. The number of hydrogen-bond acceptors (Lipinski definition) is 12. The van der Waals surface area contributed by atoms with Crippen LogP contribution in [-0.2, 0) is 38.0 Å². The molecular formula is C33H57NO11. The Morgan fingerprint density at radius 2 is 1.71 bits per heavy atom. The van der Waals surface area contributed by atoms with Gasteiger partial charge >= 0.3 is 5.97 Å². The van der Waals surface area contributed by atoms with Crippen LogP contribution in [0.5, 0.6) is 0 Å². The summed E-state index contributed by atoms with van der Waals surface area (Å²) in [6, 6.07) is -0.243. The van der Waals surface area contributed by atoms with Crippen LogP contribution in [0, 0.1) is 17.8 Å². The maximum Gasteiger partial charge on any atom is 0.311 e. The highest BCUT2D eigenvalue weighted by molar-refractivity contribution is 5.73. The van der Waals surface area contributed by atoms with Gasteiger partial charge < -0.3 is 53.8 Å². The van der Waals surface area contributed by atoms with Crippen LogP contribution < -0.4 is 5.32 Å². The number of esters is 1. The third-order valence-electron chi connectivity index (χ3n) is 10.6. The quantitative estimate of drug-likeness (QED) is 0.301. The predicted octanol–water partition coefficient (Wildman–Crippen LogP) is 2.41. The minimum absolute atomic E-state index is 0.176. The van der Waals surface area contributed by atoms with Gasteiger partial charge in [-0.1, -0.05) is 13.8 Å². The molecule has 0 aromatic carbocycles. The summed E-state index contributed by atoms with van der Waals surface area (Å²) in [5, 5.41) is 36.0. The van der Waals surface area contributed by atoms with E-state index in [2.05, 4.69) is 5.32 Å². The van der Waals surface area contributed by atoms with Gasteiger partial charge in [0.2, 0.25) is 0 Å². The van der Waals surface area contributed by atoms with Crippen molar-refractivity contribution >= 4 is 5.97 Å². The number of rotatable bonds is 7. The Hall–Kier alpha value is -1.35. The van der Waals surface area contributed by atoms with E-state index in [9.17, 15) is 20.1 Å². The number of aliphatic hydroxyl groups excluding tert-OH is 3. The van der Waals surface area contributed by atoms with Gasteiger partial charge in [-0.25, -0.2) is 0 Å². The van der Waals surface area contributed by atoms with Crippen LogP contribution in [0.15, 0.2) is 11.3 Å². The van der Waals surface area contributed by atoms with Crippen LogP contribution in [0.1, 0.15) is 81.6 Å². The van der Waals surface area contributed by atoms with E-state index in [4.69, 9.17) is 33.2 Å². The molecule has 4 aliphatic rings. The van der Waals surface area contributed by atoms with E-state index in [1.165, 1.54) is 7.11 Å². The Kier molecular flexibility index (Phi) is 11.4. The molecule has 0 aliphatic carbocycles. The van der Waals surface area contributed by atoms with Crippen LogP contribution in [0.25, 0.3) is 0 Å². The highest BCUT2D eigenvalue weighted by Gasteiger charge is 2.55. The summed E-state index contributed by atoms with van der Waals surface area (Å²) < 4.78 is 44.2. The van der Waals surface area contributed by atoms with Crippen molar-refractivity contribution in [2.45, 2.75) is 160 Å². The lowest BCUT2D eigenvalue weighted by atomic mass is 9.79. The molecule has 45 heavy (non-hydrogen) atoms. The first-order valence-electron chi connectivity index (χ1n) is 16.4. The number of methoxy groups -OCH3 is 1. The number of nitrogens with one attached hydrogen (secondary N) is 1. The monoisotopic (exact) mass is 643 g/mol. The van der Waals surface area contributed by atoms with E-state index in [-0.39, 0.29) is 18.6 Å². The van der Waals surface area contributed by atoms with E-state index >= 15 is 0 Å². The van der Waals surface area contributed by atoms with Crippen molar-refractivity contribution < 1.29 is 53.3 Å². The van der Waals surface area contributed by atoms with E-state index in [0.29, 0.717) is 18.6 Å². The lowest BCUT2D eigenvalue weighted by Gasteiger charge is -2.48. The Morgan fingerprint density at radius 3 is 2.31 bits per heavy atom. The molecule has 3 fully saturated rings. The summed E-state index contributed by atoms with van der Waals surface area (Å²) in [4.78, 5) is 13.9. The summed E-state index contributed by atoms with van der Waals surface area (Å²) in [6.07, 6.45) is -6.48. The molecule has 0 radical (unpaired) electrons. The molecular weight excluding hydrogens is 586 g/mol. The van der Waals surface area contributed by atoms with Gasteiger partial charge in [0.1, 0.15) is 35.8 Å². The summed E-state index contributed by atoms with van der Waals surface area (Å²) in [5.74, 6) is -1.68. The minimum atomic E-state index is -0.975. The second kappa shape index (κ2) is 14.0. The molecule has 260 valence electrons. The van der Waals surface area contributed by atoms with Crippen molar-refractivity contribution in [3.8, 4) is 0 Å². The molecule has 3 saturated heterocycles. The van der Waals surface area contributed by atoms with Gasteiger partial charge in [-0.05, 0) is 67.5 Å². The van der Waals surface area contributed by atoms with Crippen molar-refractivity contribution in [2.24, 2.45) is 17.8 Å². The fourth-order valence-electron chi connectivity index (χ4n) is 7.83. The number of likely N-dealkylation sites (N-methyl/N-ethyl adjacent to an activating group) is 1. The molecule has 4 rings (SSSR count). The van der Waals surface area contributed by atoms with Crippen molar-refractivity contribution in [1.29, 1.82) is 0 Å². The van der Waals surface area contributed by atoms with Crippen LogP contribution in [0.2, 0.25) is 0 Å². The molecule has 4 aliphatic heterocycles. The largest absolute Gasteiger partial charge is 0.488 e. The molecule has 0 aromatic rings. The average Bonchev–Trinajstić information content (AvgIpc) is 3.29. The molecule has 6 unspecified atom stereocenters. The molecule has 0 saturated carbocycles. The number of carbonyl (C=O) groups excluding carboxylic acids is 1. The zero-order valence-corrected chi connectivity index (χ0v) is 28.8. The van der Waals surface area contributed by atoms with Gasteiger partial charge in [0.05, 0.1) is 41.9 Å².